The maximum atomic E-state index is 13.1. The fraction of sp³-hybridized carbons (Fsp3) is 1.00. The summed E-state index contributed by atoms with van der Waals surface area (Å²) < 4.78 is 13.1. The van der Waals surface area contributed by atoms with E-state index in [1.54, 1.807) is 0 Å². The molecule has 0 amide bonds. The molecule has 1 fully saturated rings. The number of halogens is 1. The van der Waals surface area contributed by atoms with Crippen LogP contribution in [0.3, 0.4) is 0 Å². The summed E-state index contributed by atoms with van der Waals surface area (Å²) in [4.78, 5) is 0. The first-order chi connectivity index (χ1) is 5.01. The topological polar surface area (TPSA) is 0 Å². The first-order valence-electron chi connectivity index (χ1n) is 4.49. The van der Waals surface area contributed by atoms with Gasteiger partial charge in [-0.1, -0.05) is 13.8 Å². The highest BCUT2D eigenvalue weighted by atomic mass is 19.1. The van der Waals surface area contributed by atoms with E-state index in [4.69, 9.17) is 7.85 Å². The Morgan fingerprint density at radius 2 is 1.82 bits per heavy atom. The molecule has 0 unspecified atom stereocenters. The van der Waals surface area contributed by atoms with Gasteiger partial charge in [0.15, 0.2) is 0 Å². The van der Waals surface area contributed by atoms with Crippen LogP contribution in [-0.4, -0.2) is 13.4 Å². The normalized spacial score (nSPS) is 39.5. The van der Waals surface area contributed by atoms with Crippen LogP contribution in [0.1, 0.15) is 39.5 Å². The SMILES string of the molecule is [B]C1(F)CCC(C(C)C)CC1. The van der Waals surface area contributed by atoms with E-state index >= 15 is 0 Å². The lowest BCUT2D eigenvalue weighted by Crippen LogP contribution is -2.31. The van der Waals surface area contributed by atoms with Gasteiger partial charge in [0.05, 0.1) is 5.57 Å². The molecular weight excluding hydrogens is 138 g/mol. The van der Waals surface area contributed by atoms with Crippen molar-refractivity contribution in [1.82, 2.24) is 0 Å². The highest BCUT2D eigenvalue weighted by Gasteiger charge is 2.30. The summed E-state index contributed by atoms with van der Waals surface area (Å²) in [5, 5.41) is 0. The number of rotatable bonds is 1. The lowest BCUT2D eigenvalue weighted by Gasteiger charge is -2.33. The van der Waals surface area contributed by atoms with Crippen LogP contribution in [0.4, 0.5) is 4.39 Å². The van der Waals surface area contributed by atoms with Crippen LogP contribution in [0.15, 0.2) is 0 Å². The molecule has 0 spiro atoms. The molecule has 0 heterocycles. The van der Waals surface area contributed by atoms with Gasteiger partial charge in [0.2, 0.25) is 0 Å². The average molecular weight is 154 g/mol. The van der Waals surface area contributed by atoms with Gasteiger partial charge in [0, 0.05) is 0 Å². The monoisotopic (exact) mass is 154 g/mol. The van der Waals surface area contributed by atoms with Crippen LogP contribution in [-0.2, 0) is 0 Å². The Morgan fingerprint density at radius 3 is 2.18 bits per heavy atom. The third-order valence-corrected chi connectivity index (χ3v) is 2.80. The first kappa shape index (κ1) is 9.09. The second kappa shape index (κ2) is 3.16. The van der Waals surface area contributed by atoms with Gasteiger partial charge >= 0.3 is 0 Å². The molecule has 2 radical (unpaired) electrons. The van der Waals surface area contributed by atoms with E-state index < -0.39 is 5.57 Å². The lowest BCUT2D eigenvalue weighted by atomic mass is 9.67. The molecule has 1 aliphatic rings. The Bertz CT molecular complexity index is 122. The summed E-state index contributed by atoms with van der Waals surface area (Å²) in [6, 6.07) is 0. The molecular formula is C9H16BF. The fourth-order valence-electron chi connectivity index (χ4n) is 1.79. The van der Waals surface area contributed by atoms with Gasteiger partial charge in [-0.2, -0.15) is 0 Å². The zero-order chi connectivity index (χ0) is 8.48. The molecule has 2 heteroatoms. The van der Waals surface area contributed by atoms with Crippen molar-refractivity contribution >= 4 is 7.85 Å². The minimum absolute atomic E-state index is 0.551. The molecule has 0 aromatic carbocycles. The molecule has 1 saturated carbocycles. The highest BCUT2D eigenvalue weighted by molar-refractivity contribution is 6.14. The Hall–Kier alpha value is -0.00506. The van der Waals surface area contributed by atoms with E-state index in [-0.39, 0.29) is 0 Å². The molecule has 1 aliphatic carbocycles. The number of hydrogen-bond acceptors (Lipinski definition) is 0. The van der Waals surface area contributed by atoms with Crippen LogP contribution in [0.25, 0.3) is 0 Å². The van der Waals surface area contributed by atoms with E-state index in [0.29, 0.717) is 24.7 Å². The smallest absolute Gasteiger partial charge is 0.121 e. The minimum atomic E-state index is -1.36. The Labute approximate surface area is 70.0 Å². The maximum absolute atomic E-state index is 13.1. The summed E-state index contributed by atoms with van der Waals surface area (Å²) in [7, 11) is 5.37. The second-order valence-corrected chi connectivity index (χ2v) is 4.12. The average Bonchev–Trinajstić information content (AvgIpc) is 1.86. The van der Waals surface area contributed by atoms with Crippen molar-refractivity contribution in [2.45, 2.75) is 45.1 Å². The van der Waals surface area contributed by atoms with E-state index in [9.17, 15) is 4.39 Å². The van der Waals surface area contributed by atoms with Gasteiger partial charge in [-0.3, -0.25) is 4.39 Å². The highest BCUT2D eigenvalue weighted by Crippen LogP contribution is 2.35. The van der Waals surface area contributed by atoms with E-state index in [2.05, 4.69) is 13.8 Å². The maximum Gasteiger partial charge on any atom is 0.121 e. The zero-order valence-corrected chi connectivity index (χ0v) is 7.44. The minimum Gasteiger partial charge on any atom is -0.255 e. The van der Waals surface area contributed by atoms with E-state index in [0.717, 1.165) is 12.8 Å². The lowest BCUT2D eigenvalue weighted by molar-refractivity contribution is 0.145. The van der Waals surface area contributed by atoms with Gasteiger partial charge in [0.25, 0.3) is 0 Å². The van der Waals surface area contributed by atoms with Gasteiger partial charge in [-0.25, -0.2) is 0 Å². The van der Waals surface area contributed by atoms with Crippen LogP contribution in [0, 0.1) is 11.8 Å². The first-order valence-corrected chi connectivity index (χ1v) is 4.49. The molecule has 0 aromatic rings. The second-order valence-electron chi connectivity index (χ2n) is 4.12. The van der Waals surface area contributed by atoms with Gasteiger partial charge in [-0.05, 0) is 37.5 Å². The molecule has 0 nitrogen and oxygen atoms in total. The van der Waals surface area contributed by atoms with Crippen LogP contribution < -0.4 is 0 Å². The van der Waals surface area contributed by atoms with Crippen molar-refractivity contribution in [2.24, 2.45) is 11.8 Å². The Balaban J connectivity index is 2.36. The van der Waals surface area contributed by atoms with Crippen LogP contribution in [0.2, 0.25) is 0 Å². The van der Waals surface area contributed by atoms with Crippen molar-refractivity contribution in [2.75, 3.05) is 0 Å². The van der Waals surface area contributed by atoms with Crippen LogP contribution >= 0.6 is 0 Å². The summed E-state index contributed by atoms with van der Waals surface area (Å²) in [5.74, 6) is 1.38. The molecule has 0 N–H and O–H groups in total. The molecule has 0 saturated heterocycles. The summed E-state index contributed by atoms with van der Waals surface area (Å²) >= 11 is 0. The molecule has 62 valence electrons. The van der Waals surface area contributed by atoms with Gasteiger partial charge in [0.1, 0.15) is 7.85 Å². The summed E-state index contributed by atoms with van der Waals surface area (Å²) in [6.45, 7) is 4.40. The number of alkyl halides is 1. The quantitative estimate of drug-likeness (QED) is 0.509. The van der Waals surface area contributed by atoms with Crippen molar-refractivity contribution < 1.29 is 4.39 Å². The predicted octanol–water partition coefficient (Wildman–Crippen LogP) is 2.67. The third kappa shape index (κ3) is 2.50. The molecule has 0 bridgehead atoms. The summed E-state index contributed by atoms with van der Waals surface area (Å²) in [6.07, 6.45) is 3.03. The Morgan fingerprint density at radius 1 is 1.36 bits per heavy atom. The molecule has 1 rings (SSSR count). The zero-order valence-electron chi connectivity index (χ0n) is 7.44. The van der Waals surface area contributed by atoms with Crippen LogP contribution in [0.5, 0.6) is 0 Å². The van der Waals surface area contributed by atoms with E-state index in [1.807, 2.05) is 0 Å². The summed E-state index contributed by atoms with van der Waals surface area (Å²) in [5.41, 5.74) is -1.36. The number of hydrogen-bond donors (Lipinski definition) is 0. The standard InChI is InChI=1S/C9H16BF/c1-7(2)8-3-5-9(10,11)6-4-8/h7-8H,3-6H2,1-2H3. The Kier molecular flexibility index (Phi) is 2.61. The predicted molar refractivity (Wildman–Crippen MR) is 46.4 cm³/mol. The van der Waals surface area contributed by atoms with Crippen molar-refractivity contribution in [3.63, 3.8) is 0 Å². The van der Waals surface area contributed by atoms with Crippen molar-refractivity contribution in [3.8, 4) is 0 Å². The molecule has 0 atom stereocenters. The molecule has 0 aliphatic heterocycles. The van der Waals surface area contributed by atoms with Crippen molar-refractivity contribution in [1.29, 1.82) is 0 Å². The largest absolute Gasteiger partial charge is 0.255 e. The fourth-order valence-corrected chi connectivity index (χ4v) is 1.79. The molecule has 0 aromatic heterocycles. The third-order valence-electron chi connectivity index (χ3n) is 2.80. The van der Waals surface area contributed by atoms with Crippen molar-refractivity contribution in [3.05, 3.63) is 0 Å². The molecule has 11 heavy (non-hydrogen) atoms. The van der Waals surface area contributed by atoms with Gasteiger partial charge < -0.3 is 0 Å². The van der Waals surface area contributed by atoms with Gasteiger partial charge in [-0.15, -0.1) is 0 Å². The van der Waals surface area contributed by atoms with E-state index in [1.165, 1.54) is 0 Å².